The smallest absolute Gasteiger partial charge is 0.343 e. The van der Waals surface area contributed by atoms with E-state index in [4.69, 9.17) is 4.74 Å². The SMILES string of the molecule is CCOC(=O)C1=C(C)N(C)/C(=C/c2ccc(F)cc2)C1=O. The average Bonchev–Trinajstić information content (AvgIpc) is 2.65. The number of carbonyl (C=O) groups is 2. The lowest BCUT2D eigenvalue weighted by atomic mass is 10.1. The molecule has 110 valence electrons. The lowest BCUT2D eigenvalue weighted by molar-refractivity contribution is -0.139. The van der Waals surface area contributed by atoms with Crippen LogP contribution < -0.4 is 0 Å². The normalized spacial score (nSPS) is 16.9. The number of hydrogen-bond donors (Lipinski definition) is 0. The van der Waals surface area contributed by atoms with Gasteiger partial charge in [0.1, 0.15) is 11.4 Å². The van der Waals surface area contributed by atoms with Crippen molar-refractivity contribution in [2.24, 2.45) is 0 Å². The summed E-state index contributed by atoms with van der Waals surface area (Å²) < 4.78 is 17.8. The van der Waals surface area contributed by atoms with E-state index in [1.54, 1.807) is 44.0 Å². The zero-order valence-electron chi connectivity index (χ0n) is 12.1. The first-order chi connectivity index (χ1) is 9.95. The van der Waals surface area contributed by atoms with Gasteiger partial charge < -0.3 is 9.64 Å². The highest BCUT2D eigenvalue weighted by Gasteiger charge is 2.35. The van der Waals surface area contributed by atoms with E-state index in [9.17, 15) is 14.0 Å². The minimum atomic E-state index is -0.616. The van der Waals surface area contributed by atoms with Crippen LogP contribution in [0.5, 0.6) is 0 Å². The largest absolute Gasteiger partial charge is 0.462 e. The predicted molar refractivity (Wildman–Crippen MR) is 76.5 cm³/mol. The van der Waals surface area contributed by atoms with Crippen LogP contribution in [0.4, 0.5) is 4.39 Å². The van der Waals surface area contributed by atoms with Gasteiger partial charge in [0.15, 0.2) is 0 Å². The van der Waals surface area contributed by atoms with Gasteiger partial charge in [-0.15, -0.1) is 0 Å². The van der Waals surface area contributed by atoms with E-state index in [-0.39, 0.29) is 23.8 Å². The Morgan fingerprint density at radius 2 is 1.95 bits per heavy atom. The number of Topliss-reactive ketones (excluding diaryl/α,β-unsaturated/α-hetero) is 1. The molecule has 0 radical (unpaired) electrons. The number of ether oxygens (including phenoxy) is 1. The van der Waals surface area contributed by atoms with Crippen LogP contribution in [0.2, 0.25) is 0 Å². The third-order valence-corrected chi connectivity index (χ3v) is 3.34. The summed E-state index contributed by atoms with van der Waals surface area (Å²) in [4.78, 5) is 25.9. The Balaban J connectivity index is 2.35. The standard InChI is InChI=1S/C16H16FNO3/c1-4-21-16(20)14-10(2)18(3)13(15(14)19)9-11-5-7-12(17)8-6-11/h5-9H,4H2,1-3H3/b13-9+. The van der Waals surface area contributed by atoms with Crippen molar-refractivity contribution >= 4 is 17.8 Å². The van der Waals surface area contributed by atoms with E-state index in [1.807, 2.05) is 0 Å². The lowest BCUT2D eigenvalue weighted by Gasteiger charge is -2.14. The number of rotatable bonds is 3. The average molecular weight is 289 g/mol. The number of carbonyl (C=O) groups excluding carboxylic acids is 2. The molecule has 1 aliphatic heterocycles. The van der Waals surface area contributed by atoms with E-state index in [0.717, 1.165) is 0 Å². The van der Waals surface area contributed by atoms with Crippen LogP contribution in [-0.2, 0) is 14.3 Å². The Kier molecular flexibility index (Phi) is 4.21. The van der Waals surface area contributed by atoms with Gasteiger partial charge >= 0.3 is 5.97 Å². The Bertz CT molecular complexity index is 644. The van der Waals surface area contributed by atoms with Gasteiger partial charge in [0, 0.05) is 12.7 Å². The zero-order valence-corrected chi connectivity index (χ0v) is 12.1. The number of ketones is 1. The van der Waals surface area contributed by atoms with Gasteiger partial charge in [-0.05, 0) is 37.6 Å². The maximum Gasteiger partial charge on any atom is 0.343 e. The molecule has 0 aromatic heterocycles. The summed E-state index contributed by atoms with van der Waals surface area (Å²) in [5.41, 5.74) is 1.64. The van der Waals surface area contributed by atoms with E-state index in [2.05, 4.69) is 0 Å². The number of hydrogen-bond acceptors (Lipinski definition) is 4. The molecule has 0 saturated heterocycles. The van der Waals surface area contributed by atoms with Gasteiger partial charge in [0.2, 0.25) is 5.78 Å². The molecule has 1 aliphatic rings. The highest BCUT2D eigenvalue weighted by molar-refractivity contribution is 6.27. The molecule has 0 bridgehead atoms. The molecule has 0 spiro atoms. The maximum atomic E-state index is 12.9. The number of nitrogens with zero attached hydrogens (tertiary/aromatic N) is 1. The summed E-state index contributed by atoms with van der Waals surface area (Å²) in [5, 5.41) is 0. The van der Waals surface area contributed by atoms with Gasteiger partial charge in [-0.25, -0.2) is 9.18 Å². The molecule has 2 rings (SSSR count). The minimum absolute atomic E-state index is 0.0488. The summed E-state index contributed by atoms with van der Waals surface area (Å²) in [6, 6.07) is 5.78. The molecule has 1 aromatic carbocycles. The van der Waals surface area contributed by atoms with E-state index in [0.29, 0.717) is 17.0 Å². The summed E-state index contributed by atoms with van der Waals surface area (Å²) in [5.74, 6) is -1.34. The first-order valence-corrected chi connectivity index (χ1v) is 6.59. The van der Waals surface area contributed by atoms with Crippen LogP contribution in [0.1, 0.15) is 19.4 Å². The van der Waals surface area contributed by atoms with Crippen molar-refractivity contribution in [3.63, 3.8) is 0 Å². The molecule has 0 N–H and O–H groups in total. The summed E-state index contributed by atoms with van der Waals surface area (Å²) >= 11 is 0. The fourth-order valence-corrected chi connectivity index (χ4v) is 2.12. The molecule has 1 aromatic rings. The van der Waals surface area contributed by atoms with Crippen molar-refractivity contribution in [3.8, 4) is 0 Å². The monoisotopic (exact) mass is 289 g/mol. The molecular formula is C16H16FNO3. The van der Waals surface area contributed by atoms with E-state index in [1.165, 1.54) is 12.1 Å². The van der Waals surface area contributed by atoms with Crippen LogP contribution in [0.15, 0.2) is 41.2 Å². The second kappa shape index (κ2) is 5.91. The van der Waals surface area contributed by atoms with Crippen LogP contribution in [0, 0.1) is 5.82 Å². The first-order valence-electron chi connectivity index (χ1n) is 6.59. The van der Waals surface area contributed by atoms with E-state index >= 15 is 0 Å². The molecule has 21 heavy (non-hydrogen) atoms. The quantitative estimate of drug-likeness (QED) is 0.487. The fourth-order valence-electron chi connectivity index (χ4n) is 2.12. The van der Waals surface area contributed by atoms with Gasteiger partial charge in [0.05, 0.1) is 12.3 Å². The molecule has 0 saturated carbocycles. The molecule has 1 heterocycles. The van der Waals surface area contributed by atoms with Crippen molar-refractivity contribution in [2.45, 2.75) is 13.8 Å². The van der Waals surface area contributed by atoms with Crippen molar-refractivity contribution in [2.75, 3.05) is 13.7 Å². The van der Waals surface area contributed by atoms with Crippen LogP contribution >= 0.6 is 0 Å². The topological polar surface area (TPSA) is 46.6 Å². The molecule has 0 unspecified atom stereocenters. The van der Waals surface area contributed by atoms with Crippen molar-refractivity contribution in [3.05, 3.63) is 52.6 Å². The summed E-state index contributed by atoms with van der Waals surface area (Å²) in [7, 11) is 1.70. The molecule has 4 nitrogen and oxygen atoms in total. The first kappa shape index (κ1) is 15.0. The number of halogens is 1. The summed E-state index contributed by atoms with van der Waals surface area (Å²) in [6.07, 6.45) is 1.62. The van der Waals surface area contributed by atoms with Crippen LogP contribution in [-0.4, -0.2) is 30.3 Å². The van der Waals surface area contributed by atoms with Gasteiger partial charge in [-0.2, -0.15) is 0 Å². The summed E-state index contributed by atoms with van der Waals surface area (Å²) in [6.45, 7) is 3.59. The number of allylic oxidation sites excluding steroid dienone is 2. The Morgan fingerprint density at radius 3 is 2.52 bits per heavy atom. The van der Waals surface area contributed by atoms with Crippen LogP contribution in [0.3, 0.4) is 0 Å². The second-order valence-electron chi connectivity index (χ2n) is 4.65. The molecule has 0 fully saturated rings. The Hall–Kier alpha value is -2.43. The van der Waals surface area contributed by atoms with Gasteiger partial charge in [-0.1, -0.05) is 12.1 Å². The minimum Gasteiger partial charge on any atom is -0.462 e. The molecule has 0 aliphatic carbocycles. The Labute approximate surface area is 122 Å². The van der Waals surface area contributed by atoms with Crippen LogP contribution in [0.25, 0.3) is 6.08 Å². The number of esters is 1. The molecule has 5 heteroatoms. The van der Waals surface area contributed by atoms with Gasteiger partial charge in [0.25, 0.3) is 0 Å². The third kappa shape index (κ3) is 2.86. The molecular weight excluding hydrogens is 273 g/mol. The fraction of sp³-hybridized carbons (Fsp3) is 0.250. The van der Waals surface area contributed by atoms with E-state index < -0.39 is 5.97 Å². The zero-order chi connectivity index (χ0) is 15.6. The highest BCUT2D eigenvalue weighted by Crippen LogP contribution is 2.29. The van der Waals surface area contributed by atoms with Crippen molar-refractivity contribution in [1.29, 1.82) is 0 Å². The van der Waals surface area contributed by atoms with Crippen molar-refractivity contribution < 1.29 is 18.7 Å². The maximum absolute atomic E-state index is 12.9. The number of likely N-dealkylation sites (N-methyl/N-ethyl adjacent to an activating group) is 1. The lowest BCUT2D eigenvalue weighted by Crippen LogP contribution is -2.15. The predicted octanol–water partition coefficient (Wildman–Crippen LogP) is 2.52. The Morgan fingerprint density at radius 1 is 1.33 bits per heavy atom. The molecule has 0 amide bonds. The van der Waals surface area contributed by atoms with Gasteiger partial charge in [-0.3, -0.25) is 4.79 Å². The molecule has 0 atom stereocenters. The van der Waals surface area contributed by atoms with Crippen molar-refractivity contribution in [1.82, 2.24) is 4.90 Å². The third-order valence-electron chi connectivity index (χ3n) is 3.34. The highest BCUT2D eigenvalue weighted by atomic mass is 19.1. The number of benzene rings is 1. The second-order valence-corrected chi connectivity index (χ2v) is 4.65.